The number of rotatable bonds is 4. The normalized spacial score (nSPS) is 23.9. The van der Waals surface area contributed by atoms with E-state index < -0.39 is 0 Å². The highest BCUT2D eigenvalue weighted by molar-refractivity contribution is 6.31. The molecule has 1 heterocycles. The Hall–Kier alpha value is -0.800. The summed E-state index contributed by atoms with van der Waals surface area (Å²) in [5, 5.41) is 3.69. The highest BCUT2D eigenvalue weighted by Gasteiger charge is 2.20. The molecule has 0 atom stereocenters. The summed E-state index contributed by atoms with van der Waals surface area (Å²) >= 11 is 6.20. The van der Waals surface area contributed by atoms with E-state index in [1.165, 1.54) is 12.8 Å². The first-order valence-electron chi connectivity index (χ1n) is 6.64. The van der Waals surface area contributed by atoms with Crippen molar-refractivity contribution in [3.8, 4) is 5.88 Å². The Morgan fingerprint density at radius 3 is 2.72 bits per heavy atom. The molecular formula is C14H21ClN2O. The Labute approximate surface area is 114 Å². The van der Waals surface area contributed by atoms with Crippen LogP contribution in [0.3, 0.4) is 0 Å². The highest BCUT2D eigenvalue weighted by Crippen LogP contribution is 2.29. The average molecular weight is 269 g/mol. The summed E-state index contributed by atoms with van der Waals surface area (Å²) in [5.41, 5.74) is 1.08. The Bertz CT molecular complexity index is 389. The summed E-state index contributed by atoms with van der Waals surface area (Å²) in [4.78, 5) is 4.32. The molecule has 0 spiro atoms. The van der Waals surface area contributed by atoms with E-state index in [1.807, 2.05) is 19.3 Å². The van der Waals surface area contributed by atoms with Crippen molar-refractivity contribution in [2.45, 2.75) is 45.3 Å². The maximum absolute atomic E-state index is 6.20. The summed E-state index contributed by atoms with van der Waals surface area (Å²) in [6, 6.07) is 1.92. The molecule has 1 N–H and O–H groups in total. The first kappa shape index (κ1) is 13.6. The topological polar surface area (TPSA) is 34.2 Å². The minimum absolute atomic E-state index is 0.279. The quantitative estimate of drug-likeness (QED) is 0.909. The number of ether oxygens (including phenoxy) is 1. The number of hydrogen-bond acceptors (Lipinski definition) is 3. The van der Waals surface area contributed by atoms with Crippen LogP contribution >= 0.6 is 11.6 Å². The lowest BCUT2D eigenvalue weighted by Crippen LogP contribution is -2.23. The zero-order valence-electron chi connectivity index (χ0n) is 11.1. The second-order valence-electron chi connectivity index (χ2n) is 5.16. The molecule has 0 bridgehead atoms. The smallest absolute Gasteiger partial charge is 0.232 e. The molecule has 0 unspecified atom stereocenters. The predicted octanol–water partition coefficient (Wildman–Crippen LogP) is 3.41. The van der Waals surface area contributed by atoms with Gasteiger partial charge in [0.05, 0.1) is 0 Å². The summed E-state index contributed by atoms with van der Waals surface area (Å²) in [7, 11) is 1.90. The van der Waals surface area contributed by atoms with Crippen LogP contribution in [0.25, 0.3) is 0 Å². The molecule has 18 heavy (non-hydrogen) atoms. The number of nitrogens with one attached hydrogen (secondary N) is 1. The largest absolute Gasteiger partial charge is 0.473 e. The molecule has 0 amide bonds. The Kier molecular flexibility index (Phi) is 4.84. The molecule has 0 radical (unpaired) electrons. The van der Waals surface area contributed by atoms with Gasteiger partial charge in [0.1, 0.15) is 11.1 Å². The molecular weight excluding hydrogens is 248 g/mol. The highest BCUT2D eigenvalue weighted by atomic mass is 35.5. The van der Waals surface area contributed by atoms with Gasteiger partial charge in [0.15, 0.2) is 0 Å². The number of pyridine rings is 1. The fraction of sp³-hybridized carbons (Fsp3) is 0.643. The van der Waals surface area contributed by atoms with E-state index in [1.54, 1.807) is 0 Å². The predicted molar refractivity (Wildman–Crippen MR) is 74.1 cm³/mol. The zero-order chi connectivity index (χ0) is 13.0. The van der Waals surface area contributed by atoms with Crippen molar-refractivity contribution in [3.05, 3.63) is 22.8 Å². The summed E-state index contributed by atoms with van der Waals surface area (Å²) in [5.74, 6) is 1.40. The fourth-order valence-electron chi connectivity index (χ4n) is 2.36. The molecule has 1 aromatic heterocycles. The fourth-order valence-corrected chi connectivity index (χ4v) is 2.59. The maximum atomic E-state index is 6.20. The lowest BCUT2D eigenvalue weighted by Gasteiger charge is -2.26. The van der Waals surface area contributed by atoms with Gasteiger partial charge >= 0.3 is 0 Å². The van der Waals surface area contributed by atoms with E-state index in [-0.39, 0.29) is 6.10 Å². The van der Waals surface area contributed by atoms with Crippen molar-refractivity contribution in [2.24, 2.45) is 5.92 Å². The van der Waals surface area contributed by atoms with Crippen molar-refractivity contribution in [2.75, 3.05) is 7.05 Å². The van der Waals surface area contributed by atoms with Crippen LogP contribution in [0.4, 0.5) is 0 Å². The molecule has 0 aliphatic heterocycles. The van der Waals surface area contributed by atoms with Crippen LogP contribution in [0.2, 0.25) is 5.02 Å². The van der Waals surface area contributed by atoms with Crippen molar-refractivity contribution in [3.63, 3.8) is 0 Å². The molecule has 1 aromatic rings. The Morgan fingerprint density at radius 1 is 1.39 bits per heavy atom. The van der Waals surface area contributed by atoms with Gasteiger partial charge in [-0.3, -0.25) is 0 Å². The first-order chi connectivity index (χ1) is 8.69. The minimum Gasteiger partial charge on any atom is -0.473 e. The minimum atomic E-state index is 0.279. The molecule has 1 fully saturated rings. The lowest BCUT2D eigenvalue weighted by atomic mass is 9.89. The van der Waals surface area contributed by atoms with Crippen molar-refractivity contribution in [1.29, 1.82) is 0 Å². The van der Waals surface area contributed by atoms with Gasteiger partial charge in [-0.1, -0.05) is 18.5 Å². The number of halogens is 1. The van der Waals surface area contributed by atoms with E-state index in [0.29, 0.717) is 10.9 Å². The van der Waals surface area contributed by atoms with Gasteiger partial charge in [-0.25, -0.2) is 4.98 Å². The first-order valence-corrected chi connectivity index (χ1v) is 7.02. The van der Waals surface area contributed by atoms with Crippen LogP contribution in [0.5, 0.6) is 5.88 Å². The van der Waals surface area contributed by atoms with Crippen LogP contribution in [0.1, 0.15) is 38.2 Å². The third kappa shape index (κ3) is 3.59. The van der Waals surface area contributed by atoms with Crippen molar-refractivity contribution >= 4 is 11.6 Å². The SMILES string of the molecule is CNCc1cnc(OC2CCC(C)CC2)c(Cl)c1. The summed E-state index contributed by atoms with van der Waals surface area (Å²) in [6.45, 7) is 3.07. The molecule has 100 valence electrons. The molecule has 1 aliphatic carbocycles. The van der Waals surface area contributed by atoms with E-state index in [2.05, 4.69) is 17.2 Å². The van der Waals surface area contributed by atoms with Gasteiger partial charge < -0.3 is 10.1 Å². The van der Waals surface area contributed by atoms with Crippen LogP contribution in [0, 0.1) is 5.92 Å². The zero-order valence-corrected chi connectivity index (χ0v) is 11.8. The van der Waals surface area contributed by atoms with E-state index in [4.69, 9.17) is 16.3 Å². The molecule has 0 saturated heterocycles. The van der Waals surface area contributed by atoms with Crippen LogP contribution in [-0.2, 0) is 6.54 Å². The standard InChI is InChI=1S/C14H21ClN2O/c1-10-3-5-12(6-4-10)18-14-13(15)7-11(8-16-2)9-17-14/h7,9-10,12,16H,3-6,8H2,1-2H3. The Balaban J connectivity index is 1.96. The number of hydrogen-bond donors (Lipinski definition) is 1. The van der Waals surface area contributed by atoms with Gasteiger partial charge in [0.2, 0.25) is 5.88 Å². The van der Waals surface area contributed by atoms with Gasteiger partial charge in [-0.05, 0) is 50.3 Å². The molecule has 2 rings (SSSR count). The molecule has 3 nitrogen and oxygen atoms in total. The molecule has 4 heteroatoms. The Morgan fingerprint density at radius 2 is 2.11 bits per heavy atom. The molecule has 0 aromatic carbocycles. The second-order valence-corrected chi connectivity index (χ2v) is 5.57. The molecule has 1 saturated carbocycles. The van der Waals surface area contributed by atoms with Gasteiger partial charge in [0, 0.05) is 12.7 Å². The lowest BCUT2D eigenvalue weighted by molar-refractivity contribution is 0.130. The van der Waals surface area contributed by atoms with Crippen molar-refractivity contribution < 1.29 is 4.74 Å². The summed E-state index contributed by atoms with van der Waals surface area (Å²) in [6.07, 6.45) is 6.79. The average Bonchev–Trinajstić information content (AvgIpc) is 2.36. The van der Waals surface area contributed by atoms with Gasteiger partial charge in [-0.2, -0.15) is 0 Å². The summed E-state index contributed by atoms with van der Waals surface area (Å²) < 4.78 is 5.90. The second kappa shape index (κ2) is 6.39. The molecule has 1 aliphatic rings. The van der Waals surface area contributed by atoms with Crippen LogP contribution in [0.15, 0.2) is 12.3 Å². The van der Waals surface area contributed by atoms with Crippen LogP contribution in [-0.4, -0.2) is 18.1 Å². The number of aromatic nitrogens is 1. The monoisotopic (exact) mass is 268 g/mol. The third-order valence-electron chi connectivity index (χ3n) is 3.49. The van der Waals surface area contributed by atoms with Crippen LogP contribution < -0.4 is 10.1 Å². The van der Waals surface area contributed by atoms with E-state index in [0.717, 1.165) is 30.9 Å². The van der Waals surface area contributed by atoms with Gasteiger partial charge in [-0.15, -0.1) is 0 Å². The van der Waals surface area contributed by atoms with E-state index >= 15 is 0 Å². The van der Waals surface area contributed by atoms with E-state index in [9.17, 15) is 0 Å². The van der Waals surface area contributed by atoms with Crippen molar-refractivity contribution in [1.82, 2.24) is 10.3 Å². The maximum Gasteiger partial charge on any atom is 0.232 e. The van der Waals surface area contributed by atoms with Gasteiger partial charge in [0.25, 0.3) is 0 Å². The number of nitrogens with zero attached hydrogens (tertiary/aromatic N) is 1. The third-order valence-corrected chi connectivity index (χ3v) is 3.76.